The van der Waals surface area contributed by atoms with E-state index in [4.69, 9.17) is 0 Å². The van der Waals surface area contributed by atoms with Crippen LogP contribution < -0.4 is 5.32 Å². The molecule has 18 heavy (non-hydrogen) atoms. The van der Waals surface area contributed by atoms with Gasteiger partial charge in [-0.25, -0.2) is 0 Å². The van der Waals surface area contributed by atoms with Crippen molar-refractivity contribution in [2.24, 2.45) is 5.92 Å². The van der Waals surface area contributed by atoms with E-state index in [-0.39, 0.29) is 18.9 Å². The maximum atomic E-state index is 12.8. The summed E-state index contributed by atoms with van der Waals surface area (Å²) < 4.78 is 39.2. The van der Waals surface area contributed by atoms with Crippen molar-refractivity contribution < 1.29 is 18.0 Å². The van der Waals surface area contributed by atoms with E-state index >= 15 is 0 Å². The molecular formula is C12H9BrF3NO. The topological polar surface area (TPSA) is 29.1 Å². The fourth-order valence-electron chi connectivity index (χ4n) is 2.78. The molecule has 0 unspecified atom stereocenters. The van der Waals surface area contributed by atoms with Gasteiger partial charge in [0, 0.05) is 22.0 Å². The zero-order chi connectivity index (χ0) is 13.1. The summed E-state index contributed by atoms with van der Waals surface area (Å²) in [6.07, 6.45) is -4.15. The Balaban J connectivity index is 2.10. The summed E-state index contributed by atoms with van der Waals surface area (Å²) in [5.41, 5.74) is -0.0789. The van der Waals surface area contributed by atoms with Crippen LogP contribution in [0, 0.1) is 5.92 Å². The van der Waals surface area contributed by atoms with Gasteiger partial charge in [0.05, 0.1) is 5.92 Å². The minimum atomic E-state index is -4.21. The van der Waals surface area contributed by atoms with E-state index in [0.717, 1.165) is 0 Å². The third kappa shape index (κ3) is 1.58. The van der Waals surface area contributed by atoms with Gasteiger partial charge in [0.25, 0.3) is 5.91 Å². The Morgan fingerprint density at radius 3 is 2.72 bits per heavy atom. The number of amides is 1. The number of carbonyl (C=O) groups excluding carboxylic acids is 1. The second kappa shape index (κ2) is 3.50. The maximum absolute atomic E-state index is 12.8. The predicted molar refractivity (Wildman–Crippen MR) is 62.3 cm³/mol. The second-order valence-corrected chi connectivity index (χ2v) is 5.74. The molecule has 1 heterocycles. The summed E-state index contributed by atoms with van der Waals surface area (Å²) >= 11 is 3.25. The fourth-order valence-corrected chi connectivity index (χ4v) is 3.14. The molecule has 2 aliphatic rings. The molecular weight excluding hydrogens is 311 g/mol. The number of halogens is 4. The van der Waals surface area contributed by atoms with Crippen molar-refractivity contribution in [1.82, 2.24) is 5.32 Å². The first-order chi connectivity index (χ1) is 8.34. The minimum absolute atomic E-state index is 0.0558. The van der Waals surface area contributed by atoms with Crippen LogP contribution in [0.1, 0.15) is 22.3 Å². The lowest BCUT2D eigenvalue weighted by Crippen LogP contribution is -2.41. The Bertz CT molecular complexity index is 543. The molecule has 0 saturated heterocycles. The zero-order valence-electron chi connectivity index (χ0n) is 9.14. The Morgan fingerprint density at radius 2 is 2.11 bits per heavy atom. The summed E-state index contributed by atoms with van der Waals surface area (Å²) in [4.78, 5) is 11.7. The molecule has 0 radical (unpaired) electrons. The van der Waals surface area contributed by atoms with Crippen LogP contribution in [0.25, 0.3) is 0 Å². The largest absolute Gasteiger partial charge is 0.392 e. The van der Waals surface area contributed by atoms with Crippen LogP contribution in [-0.4, -0.2) is 18.6 Å². The van der Waals surface area contributed by atoms with Crippen LogP contribution >= 0.6 is 15.9 Å². The molecule has 2 atom stereocenters. The van der Waals surface area contributed by atoms with Gasteiger partial charge < -0.3 is 5.32 Å². The molecule has 1 N–H and O–H groups in total. The highest BCUT2D eigenvalue weighted by Gasteiger charge is 2.68. The molecule has 6 heteroatoms. The number of fused-ring (bicyclic) bond motifs is 2. The lowest BCUT2D eigenvalue weighted by molar-refractivity contribution is -0.152. The number of nitrogens with one attached hydrogen (secondary N) is 1. The Hall–Kier alpha value is -1.04. The van der Waals surface area contributed by atoms with E-state index in [2.05, 4.69) is 21.2 Å². The molecule has 1 spiro atoms. The van der Waals surface area contributed by atoms with Gasteiger partial charge in [-0.1, -0.05) is 15.9 Å². The highest BCUT2D eigenvalue weighted by atomic mass is 79.9. The molecule has 0 aromatic heterocycles. The molecule has 0 bridgehead atoms. The Morgan fingerprint density at radius 1 is 1.39 bits per heavy atom. The summed E-state index contributed by atoms with van der Waals surface area (Å²) in [6.45, 7) is 0.0689. The lowest BCUT2D eigenvalue weighted by atomic mass is 9.85. The van der Waals surface area contributed by atoms with Crippen molar-refractivity contribution in [3.05, 3.63) is 33.8 Å². The van der Waals surface area contributed by atoms with Crippen LogP contribution in [0.4, 0.5) is 13.2 Å². The van der Waals surface area contributed by atoms with E-state index in [9.17, 15) is 18.0 Å². The van der Waals surface area contributed by atoms with Crippen LogP contribution in [0.2, 0.25) is 0 Å². The van der Waals surface area contributed by atoms with Crippen LogP contribution in [0.3, 0.4) is 0 Å². The first-order valence-corrected chi connectivity index (χ1v) is 6.29. The van der Waals surface area contributed by atoms with E-state index in [1.807, 2.05) is 0 Å². The van der Waals surface area contributed by atoms with Crippen molar-refractivity contribution in [2.75, 3.05) is 6.54 Å². The number of rotatable bonds is 0. The van der Waals surface area contributed by atoms with E-state index < -0.39 is 17.5 Å². The van der Waals surface area contributed by atoms with Gasteiger partial charge in [-0.15, -0.1) is 0 Å². The first kappa shape index (κ1) is 12.0. The molecule has 1 amide bonds. The van der Waals surface area contributed by atoms with Gasteiger partial charge in [0.2, 0.25) is 0 Å². The molecule has 1 aliphatic heterocycles. The number of carbonyl (C=O) groups is 1. The molecule has 1 fully saturated rings. The highest BCUT2D eigenvalue weighted by molar-refractivity contribution is 9.10. The Kier molecular flexibility index (Phi) is 2.33. The third-order valence-electron chi connectivity index (χ3n) is 3.80. The quantitative estimate of drug-likeness (QED) is 0.782. The summed E-state index contributed by atoms with van der Waals surface area (Å²) in [7, 11) is 0. The number of alkyl halides is 3. The molecule has 1 aromatic carbocycles. The third-order valence-corrected chi connectivity index (χ3v) is 4.29. The zero-order valence-corrected chi connectivity index (χ0v) is 10.7. The average Bonchev–Trinajstić information content (AvgIpc) is 3.00. The molecule has 1 aromatic rings. The Labute approximate surface area is 110 Å². The van der Waals surface area contributed by atoms with Crippen molar-refractivity contribution >= 4 is 21.8 Å². The highest BCUT2D eigenvalue weighted by Crippen LogP contribution is 2.62. The first-order valence-electron chi connectivity index (χ1n) is 5.49. The average molecular weight is 320 g/mol. The van der Waals surface area contributed by atoms with Gasteiger partial charge in [-0.3, -0.25) is 4.79 Å². The van der Waals surface area contributed by atoms with Crippen LogP contribution in [-0.2, 0) is 5.41 Å². The van der Waals surface area contributed by atoms with Crippen molar-refractivity contribution in [2.45, 2.75) is 18.0 Å². The van der Waals surface area contributed by atoms with Gasteiger partial charge in [0.1, 0.15) is 0 Å². The number of hydrogen-bond donors (Lipinski definition) is 1. The SMILES string of the molecule is O=C1NC[C@@]2(C[C@@H]2C(F)(F)F)c2cc(Br)ccc21. The van der Waals surface area contributed by atoms with Crippen molar-refractivity contribution in [3.63, 3.8) is 0 Å². The molecule has 96 valence electrons. The summed E-state index contributed by atoms with van der Waals surface area (Å²) in [5.74, 6) is -1.64. The van der Waals surface area contributed by atoms with Gasteiger partial charge in [0.15, 0.2) is 0 Å². The number of hydrogen-bond acceptors (Lipinski definition) is 1. The van der Waals surface area contributed by atoms with E-state index in [1.54, 1.807) is 18.2 Å². The normalized spacial score (nSPS) is 30.0. The predicted octanol–water partition coefficient (Wildman–Crippen LogP) is 3.01. The maximum Gasteiger partial charge on any atom is 0.392 e. The summed E-state index contributed by atoms with van der Waals surface area (Å²) in [6, 6.07) is 4.88. The molecule has 1 aliphatic carbocycles. The second-order valence-electron chi connectivity index (χ2n) is 4.83. The minimum Gasteiger partial charge on any atom is -0.351 e. The molecule has 3 rings (SSSR count). The standard InChI is InChI=1S/C12H9BrF3NO/c13-6-1-2-7-8(3-6)11(5-17-10(7)18)4-9(11)12(14,15)16/h1-3,9H,4-5H2,(H,17,18)/t9-,11-/m0/s1. The summed E-state index contributed by atoms with van der Waals surface area (Å²) in [5, 5.41) is 2.56. The lowest BCUT2D eigenvalue weighted by Gasteiger charge is -2.27. The van der Waals surface area contributed by atoms with Crippen LogP contribution in [0.15, 0.2) is 22.7 Å². The smallest absolute Gasteiger partial charge is 0.351 e. The van der Waals surface area contributed by atoms with Gasteiger partial charge in [-0.05, 0) is 30.2 Å². The monoisotopic (exact) mass is 319 g/mol. The number of benzene rings is 1. The fraction of sp³-hybridized carbons (Fsp3) is 0.417. The van der Waals surface area contributed by atoms with Gasteiger partial charge >= 0.3 is 6.18 Å². The molecule has 1 saturated carbocycles. The van der Waals surface area contributed by atoms with Crippen molar-refractivity contribution in [1.29, 1.82) is 0 Å². The van der Waals surface area contributed by atoms with Crippen molar-refractivity contribution in [3.8, 4) is 0 Å². The van der Waals surface area contributed by atoms with E-state index in [0.29, 0.717) is 15.6 Å². The van der Waals surface area contributed by atoms with Gasteiger partial charge in [-0.2, -0.15) is 13.2 Å². The molecule has 2 nitrogen and oxygen atoms in total. The van der Waals surface area contributed by atoms with E-state index in [1.165, 1.54) is 0 Å². The van der Waals surface area contributed by atoms with Crippen LogP contribution in [0.5, 0.6) is 0 Å².